The standard InChI is InChI=1S/C9H9Cl2N3/c10-6-1-2-7(11)8(5-6)14-9-12-3-4-13-9/h1-2,5H,3-4H2,(H2,12,13,14). The van der Waals surface area contributed by atoms with Gasteiger partial charge in [0, 0.05) is 18.1 Å². The number of hydrogen-bond donors (Lipinski definition) is 2. The van der Waals surface area contributed by atoms with Gasteiger partial charge >= 0.3 is 0 Å². The van der Waals surface area contributed by atoms with Crippen molar-refractivity contribution in [2.24, 2.45) is 4.99 Å². The van der Waals surface area contributed by atoms with E-state index in [1.165, 1.54) is 0 Å². The summed E-state index contributed by atoms with van der Waals surface area (Å²) in [6.07, 6.45) is 0. The Labute approximate surface area is 92.1 Å². The Kier molecular flexibility index (Phi) is 2.79. The van der Waals surface area contributed by atoms with E-state index < -0.39 is 0 Å². The van der Waals surface area contributed by atoms with Crippen molar-refractivity contribution in [3.8, 4) is 0 Å². The van der Waals surface area contributed by atoms with Crippen LogP contribution < -0.4 is 10.6 Å². The molecule has 2 rings (SSSR count). The Morgan fingerprint density at radius 1 is 1.14 bits per heavy atom. The monoisotopic (exact) mass is 229 g/mol. The fourth-order valence-corrected chi connectivity index (χ4v) is 1.52. The van der Waals surface area contributed by atoms with Crippen LogP contribution >= 0.6 is 23.2 Å². The molecule has 0 amide bonds. The van der Waals surface area contributed by atoms with E-state index in [2.05, 4.69) is 15.6 Å². The Morgan fingerprint density at radius 2 is 1.86 bits per heavy atom. The number of aliphatic imine (C=N–C) groups is 1. The topological polar surface area (TPSA) is 36.4 Å². The Hall–Kier alpha value is -0.930. The summed E-state index contributed by atoms with van der Waals surface area (Å²) in [6.45, 7) is 1.77. The molecule has 1 aromatic carbocycles. The maximum absolute atomic E-state index is 5.95. The fourth-order valence-electron chi connectivity index (χ4n) is 1.20. The molecule has 0 saturated carbocycles. The van der Waals surface area contributed by atoms with Crippen molar-refractivity contribution in [3.63, 3.8) is 0 Å². The molecule has 3 nitrogen and oxygen atoms in total. The molecule has 0 spiro atoms. The number of benzene rings is 1. The van der Waals surface area contributed by atoms with Crippen molar-refractivity contribution in [3.05, 3.63) is 28.2 Å². The average molecular weight is 230 g/mol. The van der Waals surface area contributed by atoms with Crippen LogP contribution in [0.1, 0.15) is 0 Å². The number of nitrogens with one attached hydrogen (secondary N) is 2. The Bertz CT molecular complexity index is 368. The minimum atomic E-state index is 0.595. The predicted octanol–water partition coefficient (Wildman–Crippen LogP) is 2.17. The molecule has 0 radical (unpaired) electrons. The number of nitrogens with zero attached hydrogens (tertiary/aromatic N) is 1. The Balaban J connectivity index is 2.31. The SMILES string of the molecule is Clc1ccc(Cl)c(N=C2NCCN2)c1. The zero-order valence-electron chi connectivity index (χ0n) is 7.35. The van der Waals surface area contributed by atoms with Crippen LogP contribution in [-0.2, 0) is 0 Å². The number of hydrogen-bond acceptors (Lipinski definition) is 1. The molecule has 1 aliphatic heterocycles. The first-order valence-corrected chi connectivity index (χ1v) is 5.03. The maximum atomic E-state index is 5.95. The molecular weight excluding hydrogens is 221 g/mol. The minimum absolute atomic E-state index is 0.595. The third kappa shape index (κ3) is 2.11. The van der Waals surface area contributed by atoms with Gasteiger partial charge in [0.15, 0.2) is 5.96 Å². The van der Waals surface area contributed by atoms with Crippen LogP contribution in [0.25, 0.3) is 0 Å². The number of halogens is 2. The number of rotatable bonds is 1. The largest absolute Gasteiger partial charge is 0.354 e. The molecule has 0 unspecified atom stereocenters. The van der Waals surface area contributed by atoms with Gasteiger partial charge in [-0.3, -0.25) is 0 Å². The van der Waals surface area contributed by atoms with Gasteiger partial charge in [-0.25, -0.2) is 4.99 Å². The van der Waals surface area contributed by atoms with Gasteiger partial charge in [-0.15, -0.1) is 0 Å². The van der Waals surface area contributed by atoms with Gasteiger partial charge in [0.25, 0.3) is 0 Å². The molecule has 5 heteroatoms. The van der Waals surface area contributed by atoms with Crippen LogP contribution in [0.4, 0.5) is 5.69 Å². The lowest BCUT2D eigenvalue weighted by Crippen LogP contribution is -2.23. The first kappa shape index (κ1) is 9.62. The summed E-state index contributed by atoms with van der Waals surface area (Å²) in [5.41, 5.74) is 0.677. The summed E-state index contributed by atoms with van der Waals surface area (Å²) in [5, 5.41) is 7.40. The molecular formula is C9H9Cl2N3. The first-order chi connectivity index (χ1) is 6.75. The molecule has 1 heterocycles. The van der Waals surface area contributed by atoms with E-state index in [1.54, 1.807) is 18.2 Å². The zero-order chi connectivity index (χ0) is 9.97. The molecule has 1 fully saturated rings. The minimum Gasteiger partial charge on any atom is -0.354 e. The summed E-state index contributed by atoms with van der Waals surface area (Å²) in [7, 11) is 0. The highest BCUT2D eigenvalue weighted by atomic mass is 35.5. The third-order valence-electron chi connectivity index (χ3n) is 1.85. The molecule has 14 heavy (non-hydrogen) atoms. The van der Waals surface area contributed by atoms with Crippen LogP contribution in [0.15, 0.2) is 23.2 Å². The van der Waals surface area contributed by atoms with Crippen LogP contribution in [0.2, 0.25) is 10.0 Å². The highest BCUT2D eigenvalue weighted by molar-refractivity contribution is 6.35. The predicted molar refractivity (Wildman–Crippen MR) is 59.6 cm³/mol. The zero-order valence-corrected chi connectivity index (χ0v) is 8.86. The van der Waals surface area contributed by atoms with Gasteiger partial charge in [0.2, 0.25) is 0 Å². The van der Waals surface area contributed by atoms with Crippen molar-refractivity contribution in [2.75, 3.05) is 13.1 Å². The second-order valence-corrected chi connectivity index (χ2v) is 3.75. The fraction of sp³-hybridized carbons (Fsp3) is 0.222. The summed E-state index contributed by atoms with van der Waals surface area (Å²) in [4.78, 5) is 4.30. The summed E-state index contributed by atoms with van der Waals surface area (Å²) >= 11 is 11.8. The lowest BCUT2D eigenvalue weighted by atomic mass is 10.3. The molecule has 1 aromatic rings. The first-order valence-electron chi connectivity index (χ1n) is 4.27. The highest BCUT2D eigenvalue weighted by Gasteiger charge is 2.06. The average Bonchev–Trinajstić information content (AvgIpc) is 2.64. The lowest BCUT2D eigenvalue weighted by Gasteiger charge is -2.01. The quantitative estimate of drug-likeness (QED) is 0.775. The van der Waals surface area contributed by atoms with Gasteiger partial charge < -0.3 is 10.6 Å². The summed E-state index contributed by atoms with van der Waals surface area (Å²) in [6, 6.07) is 5.21. The van der Waals surface area contributed by atoms with Crippen molar-refractivity contribution in [2.45, 2.75) is 0 Å². The van der Waals surface area contributed by atoms with E-state index in [4.69, 9.17) is 23.2 Å². The molecule has 0 bridgehead atoms. The van der Waals surface area contributed by atoms with Crippen LogP contribution in [0.5, 0.6) is 0 Å². The lowest BCUT2D eigenvalue weighted by molar-refractivity contribution is 0.942. The summed E-state index contributed by atoms with van der Waals surface area (Å²) in [5.74, 6) is 0.745. The van der Waals surface area contributed by atoms with Crippen molar-refractivity contribution in [1.82, 2.24) is 10.6 Å². The molecule has 2 N–H and O–H groups in total. The van der Waals surface area contributed by atoms with Gasteiger partial charge in [0.1, 0.15) is 0 Å². The van der Waals surface area contributed by atoms with E-state index >= 15 is 0 Å². The van der Waals surface area contributed by atoms with E-state index in [0.717, 1.165) is 19.0 Å². The van der Waals surface area contributed by atoms with Gasteiger partial charge in [-0.05, 0) is 18.2 Å². The van der Waals surface area contributed by atoms with E-state index in [-0.39, 0.29) is 0 Å². The van der Waals surface area contributed by atoms with E-state index in [0.29, 0.717) is 15.7 Å². The van der Waals surface area contributed by atoms with Gasteiger partial charge in [-0.2, -0.15) is 0 Å². The number of guanidine groups is 1. The highest BCUT2D eigenvalue weighted by Crippen LogP contribution is 2.27. The second-order valence-electron chi connectivity index (χ2n) is 2.91. The van der Waals surface area contributed by atoms with Gasteiger partial charge in [-0.1, -0.05) is 23.2 Å². The molecule has 1 aliphatic rings. The normalized spacial score (nSPS) is 14.9. The van der Waals surface area contributed by atoms with Crippen molar-refractivity contribution in [1.29, 1.82) is 0 Å². The summed E-state index contributed by atoms with van der Waals surface area (Å²) < 4.78 is 0. The second kappa shape index (κ2) is 4.07. The van der Waals surface area contributed by atoms with Crippen LogP contribution in [0, 0.1) is 0 Å². The smallest absolute Gasteiger partial charge is 0.196 e. The molecule has 1 saturated heterocycles. The Morgan fingerprint density at radius 3 is 2.57 bits per heavy atom. The van der Waals surface area contributed by atoms with E-state index in [9.17, 15) is 0 Å². The van der Waals surface area contributed by atoms with Crippen molar-refractivity contribution >= 4 is 34.8 Å². The molecule has 0 atom stereocenters. The molecule has 0 aromatic heterocycles. The van der Waals surface area contributed by atoms with E-state index in [1.807, 2.05) is 0 Å². The molecule has 74 valence electrons. The molecule has 0 aliphatic carbocycles. The third-order valence-corrected chi connectivity index (χ3v) is 2.41. The van der Waals surface area contributed by atoms with Crippen molar-refractivity contribution < 1.29 is 0 Å². The van der Waals surface area contributed by atoms with Crippen LogP contribution in [0.3, 0.4) is 0 Å². The maximum Gasteiger partial charge on any atom is 0.196 e. The van der Waals surface area contributed by atoms with Crippen LogP contribution in [-0.4, -0.2) is 19.0 Å². The van der Waals surface area contributed by atoms with Gasteiger partial charge in [0.05, 0.1) is 10.7 Å².